The van der Waals surface area contributed by atoms with Crippen LogP contribution in [0.3, 0.4) is 0 Å². The van der Waals surface area contributed by atoms with Gasteiger partial charge in [-0.05, 0) is 61.6 Å². The van der Waals surface area contributed by atoms with E-state index in [9.17, 15) is 18.0 Å². The number of carbonyl (C=O) groups excluding carboxylic acids is 1. The molecule has 8 heteroatoms. The first-order chi connectivity index (χ1) is 14.7. The first-order valence-electron chi connectivity index (χ1n) is 10.0. The molecule has 31 heavy (non-hydrogen) atoms. The van der Waals surface area contributed by atoms with Crippen LogP contribution in [-0.2, 0) is 39.0 Å². The van der Waals surface area contributed by atoms with E-state index >= 15 is 0 Å². The van der Waals surface area contributed by atoms with Crippen molar-refractivity contribution in [2.75, 3.05) is 13.6 Å². The SMILES string of the molecule is Cc1ccc(S(=O)(=O)N(C)CC(=O)OCc2cc(=O)oc3cc4c(cc23)CCC4)cc1. The molecule has 0 atom stereocenters. The zero-order chi connectivity index (χ0) is 22.2. The molecule has 0 radical (unpaired) electrons. The fourth-order valence-electron chi connectivity index (χ4n) is 3.77. The second-order valence-electron chi connectivity index (χ2n) is 7.80. The fourth-order valence-corrected chi connectivity index (χ4v) is 4.89. The molecule has 1 aliphatic carbocycles. The number of hydrogen-bond donors (Lipinski definition) is 0. The number of hydrogen-bond acceptors (Lipinski definition) is 6. The molecule has 1 aliphatic rings. The molecule has 3 aromatic rings. The normalized spacial score (nSPS) is 13.5. The fraction of sp³-hybridized carbons (Fsp3) is 0.304. The van der Waals surface area contributed by atoms with Gasteiger partial charge in [-0.15, -0.1) is 0 Å². The van der Waals surface area contributed by atoms with Crippen molar-refractivity contribution in [3.63, 3.8) is 0 Å². The highest BCUT2D eigenvalue weighted by Gasteiger charge is 2.24. The lowest BCUT2D eigenvalue weighted by molar-refractivity contribution is -0.144. The van der Waals surface area contributed by atoms with Crippen molar-refractivity contribution >= 4 is 27.0 Å². The molecule has 0 fully saturated rings. The molecule has 0 saturated heterocycles. The van der Waals surface area contributed by atoms with Crippen LogP contribution in [0.2, 0.25) is 0 Å². The second kappa shape index (κ2) is 8.28. The maximum absolute atomic E-state index is 12.6. The summed E-state index contributed by atoms with van der Waals surface area (Å²) in [5.74, 6) is -0.708. The molecule has 0 N–H and O–H groups in total. The molecule has 4 rings (SSSR count). The Bertz CT molecular complexity index is 1310. The lowest BCUT2D eigenvalue weighted by atomic mass is 10.0. The first kappa shape index (κ1) is 21.3. The average Bonchev–Trinajstić information content (AvgIpc) is 3.18. The van der Waals surface area contributed by atoms with E-state index in [2.05, 4.69) is 0 Å². The van der Waals surface area contributed by atoms with Gasteiger partial charge in [0.15, 0.2) is 0 Å². The van der Waals surface area contributed by atoms with Gasteiger partial charge in [0.2, 0.25) is 10.0 Å². The number of esters is 1. The van der Waals surface area contributed by atoms with Crippen molar-refractivity contribution in [3.8, 4) is 0 Å². The van der Waals surface area contributed by atoms with Crippen molar-refractivity contribution in [2.24, 2.45) is 0 Å². The van der Waals surface area contributed by atoms with E-state index in [0.717, 1.165) is 34.5 Å². The van der Waals surface area contributed by atoms with Crippen LogP contribution in [0.1, 0.15) is 28.7 Å². The van der Waals surface area contributed by atoms with E-state index in [1.54, 1.807) is 12.1 Å². The number of fused-ring (bicyclic) bond motifs is 2. The minimum absolute atomic E-state index is 0.105. The van der Waals surface area contributed by atoms with Crippen LogP contribution in [0, 0.1) is 6.92 Å². The third-order valence-corrected chi connectivity index (χ3v) is 7.33. The number of benzene rings is 2. The smallest absolute Gasteiger partial charge is 0.336 e. The van der Waals surface area contributed by atoms with E-state index in [4.69, 9.17) is 9.15 Å². The van der Waals surface area contributed by atoms with Crippen LogP contribution in [0.15, 0.2) is 56.6 Å². The minimum atomic E-state index is -3.81. The number of sulfonamides is 1. The lowest BCUT2D eigenvalue weighted by Gasteiger charge is -2.17. The van der Waals surface area contributed by atoms with Crippen LogP contribution in [0.4, 0.5) is 0 Å². The van der Waals surface area contributed by atoms with Gasteiger partial charge in [-0.3, -0.25) is 4.79 Å². The Morgan fingerprint density at radius 1 is 1.10 bits per heavy atom. The monoisotopic (exact) mass is 441 g/mol. The molecule has 0 aliphatic heterocycles. The molecular formula is C23H23NO6S. The van der Waals surface area contributed by atoms with Crippen molar-refractivity contribution in [2.45, 2.75) is 37.7 Å². The van der Waals surface area contributed by atoms with Crippen molar-refractivity contribution in [1.82, 2.24) is 4.31 Å². The van der Waals surface area contributed by atoms with Gasteiger partial charge in [0.25, 0.3) is 0 Å². The third kappa shape index (κ3) is 4.40. The van der Waals surface area contributed by atoms with Crippen LogP contribution in [-0.4, -0.2) is 32.3 Å². The Morgan fingerprint density at radius 2 is 1.77 bits per heavy atom. The Balaban J connectivity index is 1.48. The van der Waals surface area contributed by atoms with Crippen molar-refractivity contribution < 1.29 is 22.4 Å². The molecule has 0 amide bonds. The highest BCUT2D eigenvalue weighted by atomic mass is 32.2. The summed E-state index contributed by atoms with van der Waals surface area (Å²) in [5.41, 5.74) is 3.81. The molecule has 1 aromatic heterocycles. The standard InChI is InChI=1S/C23H23NO6S/c1-15-6-8-19(9-7-15)31(27,28)24(2)13-23(26)29-14-18-12-22(25)30-21-11-17-5-3-4-16(17)10-20(18)21/h6-12H,3-5,13-14H2,1-2H3. The van der Waals surface area contributed by atoms with Crippen LogP contribution >= 0.6 is 0 Å². The number of likely N-dealkylation sites (N-methyl/N-ethyl adjacent to an activating group) is 1. The van der Waals surface area contributed by atoms with E-state index in [-0.39, 0.29) is 11.5 Å². The second-order valence-corrected chi connectivity index (χ2v) is 9.84. The highest BCUT2D eigenvalue weighted by Crippen LogP contribution is 2.28. The van der Waals surface area contributed by atoms with Crippen LogP contribution in [0.25, 0.3) is 11.0 Å². The number of rotatable bonds is 6. The number of carbonyl (C=O) groups is 1. The molecule has 1 heterocycles. The number of aryl methyl sites for hydroxylation is 3. The maximum atomic E-state index is 12.6. The average molecular weight is 442 g/mol. The Labute approximate surface area is 180 Å². The molecule has 0 unspecified atom stereocenters. The summed E-state index contributed by atoms with van der Waals surface area (Å²) in [6, 6.07) is 11.6. The van der Waals surface area contributed by atoms with Gasteiger partial charge < -0.3 is 9.15 Å². The van der Waals surface area contributed by atoms with Gasteiger partial charge >= 0.3 is 11.6 Å². The topological polar surface area (TPSA) is 93.9 Å². The lowest BCUT2D eigenvalue weighted by Crippen LogP contribution is -2.33. The van der Waals surface area contributed by atoms with Gasteiger partial charge in [0, 0.05) is 24.1 Å². The predicted molar refractivity (Wildman–Crippen MR) is 115 cm³/mol. The molecule has 0 bridgehead atoms. The Hall–Kier alpha value is -2.97. The molecule has 162 valence electrons. The zero-order valence-electron chi connectivity index (χ0n) is 17.4. The predicted octanol–water partition coefficient (Wildman–Crippen LogP) is 2.95. The molecule has 0 saturated carbocycles. The number of nitrogens with zero attached hydrogens (tertiary/aromatic N) is 1. The Morgan fingerprint density at radius 3 is 2.48 bits per heavy atom. The molecule has 2 aromatic carbocycles. The van der Waals surface area contributed by atoms with Gasteiger partial charge in [0.05, 0.1) is 4.90 Å². The van der Waals surface area contributed by atoms with Gasteiger partial charge in [-0.2, -0.15) is 4.31 Å². The summed E-state index contributed by atoms with van der Waals surface area (Å²) in [6.45, 7) is 1.28. The van der Waals surface area contributed by atoms with E-state index in [1.165, 1.54) is 36.4 Å². The summed E-state index contributed by atoms with van der Waals surface area (Å²) < 4.78 is 36.9. The quantitative estimate of drug-likeness (QED) is 0.431. The zero-order valence-corrected chi connectivity index (χ0v) is 18.2. The summed E-state index contributed by atoms with van der Waals surface area (Å²) >= 11 is 0. The molecule has 0 spiro atoms. The summed E-state index contributed by atoms with van der Waals surface area (Å²) in [6.07, 6.45) is 2.98. The highest BCUT2D eigenvalue weighted by molar-refractivity contribution is 7.89. The van der Waals surface area contributed by atoms with Crippen molar-refractivity contribution in [3.05, 3.63) is 75.1 Å². The van der Waals surface area contributed by atoms with Crippen LogP contribution < -0.4 is 5.63 Å². The Kier molecular flexibility index (Phi) is 5.68. The van der Waals surface area contributed by atoms with Crippen molar-refractivity contribution in [1.29, 1.82) is 0 Å². The van der Waals surface area contributed by atoms with Gasteiger partial charge in [-0.1, -0.05) is 17.7 Å². The maximum Gasteiger partial charge on any atom is 0.336 e. The van der Waals surface area contributed by atoms with Crippen LogP contribution in [0.5, 0.6) is 0 Å². The van der Waals surface area contributed by atoms with E-state index in [0.29, 0.717) is 11.1 Å². The van der Waals surface area contributed by atoms with Gasteiger partial charge in [0.1, 0.15) is 18.7 Å². The summed E-state index contributed by atoms with van der Waals surface area (Å²) in [7, 11) is -2.49. The largest absolute Gasteiger partial charge is 0.460 e. The minimum Gasteiger partial charge on any atom is -0.460 e. The van der Waals surface area contributed by atoms with E-state index < -0.39 is 28.2 Å². The first-order valence-corrected chi connectivity index (χ1v) is 11.5. The molecule has 7 nitrogen and oxygen atoms in total. The summed E-state index contributed by atoms with van der Waals surface area (Å²) in [4.78, 5) is 24.4. The summed E-state index contributed by atoms with van der Waals surface area (Å²) in [5, 5.41) is 0.730. The number of ether oxygens (including phenoxy) is 1. The van der Waals surface area contributed by atoms with E-state index in [1.807, 2.05) is 19.1 Å². The van der Waals surface area contributed by atoms with Gasteiger partial charge in [-0.25, -0.2) is 13.2 Å². The third-order valence-electron chi connectivity index (χ3n) is 5.51. The molecular weight excluding hydrogens is 418 g/mol.